The third-order valence-electron chi connectivity index (χ3n) is 3.60. The van der Waals surface area contributed by atoms with Gasteiger partial charge in [0.05, 0.1) is 5.94 Å². The van der Waals surface area contributed by atoms with Crippen LogP contribution in [0.25, 0.3) is 0 Å². The zero-order valence-electron chi connectivity index (χ0n) is 14.5. The Morgan fingerprint density at radius 1 is 1.33 bits per heavy atom. The summed E-state index contributed by atoms with van der Waals surface area (Å²) >= 11 is 0. The molecule has 0 unspecified atom stereocenters. The number of amides is 2. The van der Waals surface area contributed by atoms with E-state index in [-0.39, 0.29) is 13.0 Å². The van der Waals surface area contributed by atoms with Crippen LogP contribution in [0, 0.1) is 25.7 Å². The van der Waals surface area contributed by atoms with Gasteiger partial charge >= 0.3 is 7.12 Å². The van der Waals surface area contributed by atoms with Gasteiger partial charge in [-0.3, -0.25) is 9.59 Å². The maximum atomic E-state index is 12.0. The molecule has 0 heterocycles. The Hall–Kier alpha value is -2.30. The minimum absolute atomic E-state index is 0.205. The van der Waals surface area contributed by atoms with Gasteiger partial charge in [0.1, 0.15) is 6.54 Å². The lowest BCUT2D eigenvalue weighted by Crippen LogP contribution is -2.50. The predicted molar refractivity (Wildman–Crippen MR) is 92.8 cm³/mol. The first-order valence-electron chi connectivity index (χ1n) is 7.64. The van der Waals surface area contributed by atoms with Gasteiger partial charge in [-0.1, -0.05) is 29.7 Å². The summed E-state index contributed by atoms with van der Waals surface area (Å²) in [5.41, 5.74) is 3.04. The molecular formula is C17H23BN2O4. The topological polar surface area (TPSA) is 89.9 Å². The molecule has 128 valence electrons. The normalized spacial score (nSPS) is 11.1. The van der Waals surface area contributed by atoms with Crippen LogP contribution in [0.15, 0.2) is 18.2 Å². The van der Waals surface area contributed by atoms with Crippen molar-refractivity contribution in [1.82, 2.24) is 10.2 Å². The summed E-state index contributed by atoms with van der Waals surface area (Å²) in [7, 11) is -0.244. The first-order valence-corrected chi connectivity index (χ1v) is 7.64. The molecule has 1 atom stereocenters. The molecule has 0 aliphatic rings. The lowest BCUT2D eigenvalue weighted by Gasteiger charge is -2.21. The summed E-state index contributed by atoms with van der Waals surface area (Å²) in [6.45, 7) is 5.24. The Morgan fingerprint density at radius 2 is 2.00 bits per heavy atom. The van der Waals surface area contributed by atoms with Crippen molar-refractivity contribution < 1.29 is 19.6 Å². The highest BCUT2D eigenvalue weighted by molar-refractivity contribution is 6.43. The SMILES string of the molecule is CC#CC(=O)N(C)CC(=O)N[C@@H](Cc1ccc(C)cc1C)B(O)O. The molecule has 3 N–H and O–H groups in total. The van der Waals surface area contributed by atoms with E-state index in [9.17, 15) is 19.6 Å². The molecular weight excluding hydrogens is 307 g/mol. The van der Waals surface area contributed by atoms with Crippen molar-refractivity contribution in [3.8, 4) is 11.8 Å². The van der Waals surface area contributed by atoms with Gasteiger partial charge in [0.25, 0.3) is 5.91 Å². The third-order valence-corrected chi connectivity index (χ3v) is 3.60. The number of hydrogen-bond acceptors (Lipinski definition) is 4. The van der Waals surface area contributed by atoms with E-state index in [2.05, 4.69) is 17.2 Å². The van der Waals surface area contributed by atoms with Crippen molar-refractivity contribution in [2.75, 3.05) is 13.6 Å². The molecule has 1 aromatic carbocycles. The minimum Gasteiger partial charge on any atom is -0.426 e. The van der Waals surface area contributed by atoms with Crippen LogP contribution in [-0.2, 0) is 16.0 Å². The molecule has 0 saturated heterocycles. The van der Waals surface area contributed by atoms with E-state index in [0.717, 1.165) is 16.7 Å². The minimum atomic E-state index is -1.70. The fourth-order valence-corrected chi connectivity index (χ4v) is 2.28. The van der Waals surface area contributed by atoms with Gasteiger partial charge in [-0.2, -0.15) is 0 Å². The van der Waals surface area contributed by atoms with Gasteiger partial charge in [-0.25, -0.2) is 0 Å². The summed E-state index contributed by atoms with van der Waals surface area (Å²) in [6.07, 6.45) is 0.280. The maximum Gasteiger partial charge on any atom is 0.475 e. The Morgan fingerprint density at radius 3 is 2.54 bits per heavy atom. The first-order chi connectivity index (χ1) is 11.2. The highest BCUT2D eigenvalue weighted by Crippen LogP contribution is 2.13. The van der Waals surface area contributed by atoms with Crippen LogP contribution in [0.4, 0.5) is 0 Å². The number of nitrogens with zero attached hydrogens (tertiary/aromatic N) is 1. The third kappa shape index (κ3) is 6.07. The highest BCUT2D eigenvalue weighted by Gasteiger charge is 2.26. The quantitative estimate of drug-likeness (QED) is 0.499. The van der Waals surface area contributed by atoms with E-state index in [1.165, 1.54) is 18.9 Å². The molecule has 0 fully saturated rings. The molecule has 24 heavy (non-hydrogen) atoms. The Bertz CT molecular complexity index is 664. The van der Waals surface area contributed by atoms with E-state index < -0.39 is 24.9 Å². The number of rotatable bonds is 6. The zero-order chi connectivity index (χ0) is 18.3. The van der Waals surface area contributed by atoms with Gasteiger partial charge in [-0.15, -0.1) is 0 Å². The maximum absolute atomic E-state index is 12.0. The predicted octanol–water partition coefficient (Wildman–Crippen LogP) is -0.176. The van der Waals surface area contributed by atoms with E-state index in [1.54, 1.807) is 0 Å². The average molecular weight is 330 g/mol. The second-order valence-electron chi connectivity index (χ2n) is 5.76. The zero-order valence-corrected chi connectivity index (χ0v) is 14.5. The van der Waals surface area contributed by atoms with Gasteiger partial charge in [0, 0.05) is 7.05 Å². The molecule has 1 rings (SSSR count). The number of nitrogens with one attached hydrogen (secondary N) is 1. The van der Waals surface area contributed by atoms with Crippen LogP contribution in [0.3, 0.4) is 0 Å². The molecule has 0 aliphatic carbocycles. The van der Waals surface area contributed by atoms with E-state index in [1.807, 2.05) is 32.0 Å². The summed E-state index contributed by atoms with van der Waals surface area (Å²) in [6, 6.07) is 5.83. The van der Waals surface area contributed by atoms with Crippen LogP contribution in [0.2, 0.25) is 0 Å². The molecule has 2 amide bonds. The Labute approximate surface area is 143 Å². The molecule has 0 bridgehead atoms. The van der Waals surface area contributed by atoms with Crippen molar-refractivity contribution in [2.45, 2.75) is 33.1 Å². The van der Waals surface area contributed by atoms with Gasteiger partial charge < -0.3 is 20.3 Å². The molecule has 1 aromatic rings. The van der Waals surface area contributed by atoms with Crippen molar-refractivity contribution in [1.29, 1.82) is 0 Å². The van der Waals surface area contributed by atoms with Crippen LogP contribution >= 0.6 is 0 Å². The molecule has 0 aromatic heterocycles. The number of carbonyl (C=O) groups is 2. The number of carbonyl (C=O) groups excluding carboxylic acids is 2. The van der Waals surface area contributed by atoms with E-state index >= 15 is 0 Å². The van der Waals surface area contributed by atoms with Crippen molar-refractivity contribution in [3.05, 3.63) is 34.9 Å². The smallest absolute Gasteiger partial charge is 0.426 e. The number of likely N-dealkylation sites (N-methyl/N-ethyl adjacent to an activating group) is 1. The molecule has 0 saturated carbocycles. The molecule has 0 aliphatic heterocycles. The molecule has 7 heteroatoms. The second-order valence-corrected chi connectivity index (χ2v) is 5.76. The lowest BCUT2D eigenvalue weighted by molar-refractivity contribution is -0.130. The van der Waals surface area contributed by atoms with Gasteiger partial charge in [0.15, 0.2) is 0 Å². The monoisotopic (exact) mass is 330 g/mol. The van der Waals surface area contributed by atoms with E-state index in [0.29, 0.717) is 0 Å². The van der Waals surface area contributed by atoms with Crippen LogP contribution < -0.4 is 5.32 Å². The van der Waals surface area contributed by atoms with Crippen LogP contribution in [0.5, 0.6) is 0 Å². The van der Waals surface area contributed by atoms with Crippen LogP contribution in [-0.4, -0.2) is 53.4 Å². The summed E-state index contributed by atoms with van der Waals surface area (Å²) in [5, 5.41) is 21.6. The van der Waals surface area contributed by atoms with Gasteiger partial charge in [-0.05, 0) is 44.2 Å². The van der Waals surface area contributed by atoms with Crippen molar-refractivity contribution >= 4 is 18.9 Å². The number of aryl methyl sites for hydroxylation is 2. The number of benzene rings is 1. The summed E-state index contributed by atoms with van der Waals surface area (Å²) in [4.78, 5) is 24.7. The van der Waals surface area contributed by atoms with Crippen molar-refractivity contribution in [2.24, 2.45) is 0 Å². The number of hydrogen-bond donors (Lipinski definition) is 3. The average Bonchev–Trinajstić information content (AvgIpc) is 2.49. The first kappa shape index (κ1) is 19.8. The molecule has 0 radical (unpaired) electrons. The standard InChI is InChI=1S/C17H23BN2O4/c1-5-6-17(22)20(4)11-16(21)19-15(18(23)24)10-14-8-7-12(2)9-13(14)3/h7-9,15,23-24H,10-11H2,1-4H3,(H,19,21)/t15-/m0/s1. The lowest BCUT2D eigenvalue weighted by atomic mass is 9.75. The summed E-state index contributed by atoms with van der Waals surface area (Å²) < 4.78 is 0. The fourth-order valence-electron chi connectivity index (χ4n) is 2.28. The highest BCUT2D eigenvalue weighted by atomic mass is 16.4. The van der Waals surface area contributed by atoms with Crippen LogP contribution in [0.1, 0.15) is 23.6 Å². The second kappa shape index (κ2) is 9.11. The Balaban J connectivity index is 2.73. The molecule has 0 spiro atoms. The Kier molecular flexibility index (Phi) is 7.50. The van der Waals surface area contributed by atoms with Gasteiger partial charge in [0.2, 0.25) is 5.91 Å². The largest absolute Gasteiger partial charge is 0.475 e. The van der Waals surface area contributed by atoms with Crippen molar-refractivity contribution in [3.63, 3.8) is 0 Å². The molecule has 6 nitrogen and oxygen atoms in total. The fraction of sp³-hybridized carbons (Fsp3) is 0.412. The summed E-state index contributed by atoms with van der Waals surface area (Å²) in [5.74, 6) is 3.00. The van der Waals surface area contributed by atoms with E-state index in [4.69, 9.17) is 0 Å².